The maximum atomic E-state index is 11.5. The monoisotopic (exact) mass is 199 g/mol. The summed E-state index contributed by atoms with van der Waals surface area (Å²) < 4.78 is 0. The standard InChI is InChI=1S/C10H17NOS/c1-7-4-8(7)11-9(12)5-10(6-13)2-3-10/h7-8,13H,2-6H2,1H3,(H,11,12). The summed E-state index contributed by atoms with van der Waals surface area (Å²) in [6.45, 7) is 2.18. The fourth-order valence-electron chi connectivity index (χ4n) is 1.69. The van der Waals surface area contributed by atoms with Crippen molar-refractivity contribution in [1.29, 1.82) is 0 Å². The molecule has 74 valence electrons. The van der Waals surface area contributed by atoms with Crippen LogP contribution in [0.2, 0.25) is 0 Å². The highest BCUT2D eigenvalue weighted by atomic mass is 32.1. The Labute approximate surface area is 84.9 Å². The molecular weight excluding hydrogens is 182 g/mol. The van der Waals surface area contributed by atoms with Gasteiger partial charge in [0.2, 0.25) is 5.91 Å². The fraction of sp³-hybridized carbons (Fsp3) is 0.900. The molecule has 2 unspecified atom stereocenters. The van der Waals surface area contributed by atoms with Gasteiger partial charge in [-0.05, 0) is 36.3 Å². The SMILES string of the molecule is CC1CC1NC(=O)CC1(CS)CC1. The highest BCUT2D eigenvalue weighted by Gasteiger charge is 2.44. The van der Waals surface area contributed by atoms with Crippen LogP contribution in [0, 0.1) is 11.3 Å². The minimum Gasteiger partial charge on any atom is -0.353 e. The van der Waals surface area contributed by atoms with E-state index in [2.05, 4.69) is 24.9 Å². The molecule has 0 aromatic rings. The lowest BCUT2D eigenvalue weighted by Gasteiger charge is -2.11. The van der Waals surface area contributed by atoms with Gasteiger partial charge in [0.15, 0.2) is 0 Å². The van der Waals surface area contributed by atoms with Gasteiger partial charge in [-0.3, -0.25) is 4.79 Å². The second-order valence-corrected chi connectivity index (χ2v) is 5.04. The molecule has 2 aliphatic carbocycles. The molecule has 0 radical (unpaired) electrons. The fourth-order valence-corrected chi connectivity index (χ4v) is 2.12. The first-order chi connectivity index (χ1) is 6.15. The highest BCUT2D eigenvalue weighted by molar-refractivity contribution is 7.80. The molecule has 2 atom stereocenters. The van der Waals surface area contributed by atoms with Crippen molar-refractivity contribution in [2.24, 2.45) is 11.3 Å². The number of carbonyl (C=O) groups excluding carboxylic acids is 1. The van der Waals surface area contributed by atoms with Crippen molar-refractivity contribution >= 4 is 18.5 Å². The molecule has 1 amide bonds. The first kappa shape index (κ1) is 9.38. The summed E-state index contributed by atoms with van der Waals surface area (Å²) in [5, 5.41) is 3.06. The number of hydrogen-bond acceptors (Lipinski definition) is 2. The van der Waals surface area contributed by atoms with E-state index in [1.807, 2.05) is 0 Å². The van der Waals surface area contributed by atoms with Crippen LogP contribution in [0.25, 0.3) is 0 Å². The van der Waals surface area contributed by atoms with E-state index in [1.54, 1.807) is 0 Å². The van der Waals surface area contributed by atoms with Gasteiger partial charge in [0, 0.05) is 12.5 Å². The third kappa shape index (κ3) is 2.19. The molecule has 0 aromatic carbocycles. The van der Waals surface area contributed by atoms with Crippen LogP contribution >= 0.6 is 12.6 Å². The molecule has 0 saturated heterocycles. The molecule has 2 rings (SSSR count). The number of rotatable bonds is 4. The summed E-state index contributed by atoms with van der Waals surface area (Å²) in [5.74, 6) is 1.80. The topological polar surface area (TPSA) is 29.1 Å². The summed E-state index contributed by atoms with van der Waals surface area (Å²) in [6.07, 6.45) is 4.23. The molecule has 3 heteroatoms. The molecule has 0 spiro atoms. The van der Waals surface area contributed by atoms with E-state index in [-0.39, 0.29) is 11.3 Å². The zero-order chi connectivity index (χ0) is 9.47. The Kier molecular flexibility index (Phi) is 2.30. The summed E-state index contributed by atoms with van der Waals surface area (Å²) in [7, 11) is 0. The Morgan fingerprint density at radius 1 is 1.62 bits per heavy atom. The molecule has 13 heavy (non-hydrogen) atoms. The van der Waals surface area contributed by atoms with Gasteiger partial charge in [0.1, 0.15) is 0 Å². The van der Waals surface area contributed by atoms with Crippen molar-refractivity contribution in [3.63, 3.8) is 0 Å². The predicted molar refractivity (Wildman–Crippen MR) is 55.8 cm³/mol. The molecule has 2 aliphatic rings. The van der Waals surface area contributed by atoms with Gasteiger partial charge in [0.05, 0.1) is 0 Å². The van der Waals surface area contributed by atoms with Gasteiger partial charge in [0.25, 0.3) is 0 Å². The minimum absolute atomic E-state index is 0.237. The summed E-state index contributed by atoms with van der Waals surface area (Å²) in [6, 6.07) is 0.475. The molecule has 0 bridgehead atoms. The van der Waals surface area contributed by atoms with Crippen LogP contribution in [0.5, 0.6) is 0 Å². The first-order valence-corrected chi connectivity index (χ1v) is 5.69. The van der Waals surface area contributed by atoms with Crippen LogP contribution in [0.4, 0.5) is 0 Å². The van der Waals surface area contributed by atoms with Crippen molar-refractivity contribution in [1.82, 2.24) is 5.32 Å². The molecule has 0 aliphatic heterocycles. The summed E-state index contributed by atoms with van der Waals surface area (Å²) in [5.41, 5.74) is 0.269. The minimum atomic E-state index is 0.237. The van der Waals surface area contributed by atoms with Crippen molar-refractivity contribution in [2.75, 3.05) is 5.75 Å². The molecule has 2 nitrogen and oxygen atoms in total. The van der Waals surface area contributed by atoms with E-state index < -0.39 is 0 Å². The third-order valence-electron chi connectivity index (χ3n) is 3.28. The smallest absolute Gasteiger partial charge is 0.220 e. The Morgan fingerprint density at radius 3 is 2.62 bits per heavy atom. The van der Waals surface area contributed by atoms with Gasteiger partial charge in [-0.25, -0.2) is 0 Å². The summed E-state index contributed by atoms with van der Waals surface area (Å²) in [4.78, 5) is 11.5. The lowest BCUT2D eigenvalue weighted by Crippen LogP contribution is -2.29. The van der Waals surface area contributed by atoms with E-state index in [0.29, 0.717) is 18.4 Å². The quantitative estimate of drug-likeness (QED) is 0.662. The van der Waals surface area contributed by atoms with Gasteiger partial charge in [-0.15, -0.1) is 0 Å². The number of hydrogen-bond donors (Lipinski definition) is 2. The molecule has 1 N–H and O–H groups in total. The average Bonchev–Trinajstić information content (AvgIpc) is 2.95. The number of carbonyl (C=O) groups is 1. The van der Waals surface area contributed by atoms with Crippen molar-refractivity contribution in [3.8, 4) is 0 Å². The van der Waals surface area contributed by atoms with E-state index >= 15 is 0 Å². The maximum absolute atomic E-state index is 11.5. The van der Waals surface area contributed by atoms with E-state index in [9.17, 15) is 4.79 Å². The van der Waals surface area contributed by atoms with Crippen LogP contribution in [0.15, 0.2) is 0 Å². The number of nitrogens with one attached hydrogen (secondary N) is 1. The lowest BCUT2D eigenvalue weighted by molar-refractivity contribution is -0.122. The van der Waals surface area contributed by atoms with Crippen molar-refractivity contribution in [2.45, 2.75) is 38.6 Å². The third-order valence-corrected chi connectivity index (χ3v) is 3.95. The van der Waals surface area contributed by atoms with Crippen LogP contribution in [-0.4, -0.2) is 17.7 Å². The second kappa shape index (κ2) is 3.19. The van der Waals surface area contributed by atoms with Gasteiger partial charge >= 0.3 is 0 Å². The van der Waals surface area contributed by atoms with Crippen LogP contribution in [-0.2, 0) is 4.79 Å². The van der Waals surface area contributed by atoms with Crippen LogP contribution < -0.4 is 5.32 Å². The van der Waals surface area contributed by atoms with Crippen LogP contribution in [0.1, 0.15) is 32.6 Å². The Morgan fingerprint density at radius 2 is 2.23 bits per heavy atom. The van der Waals surface area contributed by atoms with Gasteiger partial charge in [-0.2, -0.15) is 12.6 Å². The number of thiol groups is 1. The zero-order valence-corrected chi connectivity index (χ0v) is 8.94. The van der Waals surface area contributed by atoms with E-state index in [4.69, 9.17) is 0 Å². The average molecular weight is 199 g/mol. The Balaban J connectivity index is 1.72. The van der Waals surface area contributed by atoms with Crippen LogP contribution in [0.3, 0.4) is 0 Å². The lowest BCUT2D eigenvalue weighted by atomic mass is 10.1. The van der Waals surface area contributed by atoms with Gasteiger partial charge < -0.3 is 5.32 Å². The summed E-state index contributed by atoms with van der Waals surface area (Å²) >= 11 is 4.28. The Bertz CT molecular complexity index is 225. The molecule has 2 saturated carbocycles. The molecule has 0 heterocycles. The van der Waals surface area contributed by atoms with Crippen molar-refractivity contribution < 1.29 is 4.79 Å². The normalized spacial score (nSPS) is 34.0. The zero-order valence-electron chi connectivity index (χ0n) is 8.05. The molecular formula is C10H17NOS. The highest BCUT2D eigenvalue weighted by Crippen LogP contribution is 2.49. The van der Waals surface area contributed by atoms with Crippen molar-refractivity contribution in [3.05, 3.63) is 0 Å². The maximum Gasteiger partial charge on any atom is 0.220 e. The predicted octanol–water partition coefficient (Wildman–Crippen LogP) is 1.61. The van der Waals surface area contributed by atoms with Gasteiger partial charge in [-0.1, -0.05) is 6.92 Å². The molecule has 2 fully saturated rings. The van der Waals surface area contributed by atoms with E-state index in [1.165, 1.54) is 19.3 Å². The number of amides is 1. The molecule has 0 aromatic heterocycles. The Hall–Kier alpha value is -0.180. The van der Waals surface area contributed by atoms with E-state index in [0.717, 1.165) is 5.75 Å². The first-order valence-electron chi connectivity index (χ1n) is 5.05. The second-order valence-electron chi connectivity index (χ2n) is 4.72. The largest absolute Gasteiger partial charge is 0.353 e.